The zero-order valence-electron chi connectivity index (χ0n) is 11.8. The number of sulfone groups is 1. The molecule has 2 rings (SSSR count). The number of aliphatic hydroxyl groups excluding tert-OH is 1. The first-order valence-corrected chi connectivity index (χ1v) is 8.79. The van der Waals surface area contributed by atoms with Crippen LogP contribution in [-0.4, -0.2) is 38.5 Å². The number of aliphatic hydroxyl groups is 1. The predicted octanol–water partition coefficient (Wildman–Crippen LogP) is 1.08. The van der Waals surface area contributed by atoms with Gasteiger partial charge in [0.15, 0.2) is 9.84 Å². The number of nitrogens with one attached hydrogen (secondary N) is 1. The largest absolute Gasteiger partial charge is 0.396 e. The van der Waals surface area contributed by atoms with E-state index < -0.39 is 9.84 Å². The average molecular weight is 308 g/mol. The lowest BCUT2D eigenvalue weighted by atomic mass is 10.1. The molecule has 114 valence electrons. The lowest BCUT2D eigenvalue weighted by Gasteiger charge is -2.18. The molecular weight excluding hydrogens is 288 g/mol. The van der Waals surface area contributed by atoms with Crippen LogP contribution in [0.1, 0.15) is 24.8 Å². The molecule has 0 amide bonds. The van der Waals surface area contributed by atoms with Crippen LogP contribution in [-0.2, 0) is 9.84 Å². The summed E-state index contributed by atoms with van der Waals surface area (Å²) in [5, 5.41) is 21.2. The van der Waals surface area contributed by atoms with Crippen molar-refractivity contribution >= 4 is 9.84 Å². The molecule has 0 radical (unpaired) electrons. The Morgan fingerprint density at radius 1 is 1.29 bits per heavy atom. The van der Waals surface area contributed by atoms with E-state index in [9.17, 15) is 13.5 Å². The third kappa shape index (κ3) is 4.03. The molecule has 0 spiro atoms. The first-order valence-electron chi connectivity index (χ1n) is 7.14. The maximum Gasteiger partial charge on any atom is 0.179 e. The smallest absolute Gasteiger partial charge is 0.179 e. The number of benzene rings is 1. The first-order chi connectivity index (χ1) is 10.1. The Bertz CT molecular complexity index is 605. The summed E-state index contributed by atoms with van der Waals surface area (Å²) in [7, 11) is -3.34. The SMILES string of the molecule is N#Cc1ccc(S(=O)(=O)CCNC2CCCC2CO)cc1. The first kappa shape index (κ1) is 16.0. The lowest BCUT2D eigenvalue weighted by Crippen LogP contribution is -2.37. The van der Waals surface area contributed by atoms with Gasteiger partial charge in [-0.05, 0) is 43.0 Å². The Morgan fingerprint density at radius 3 is 2.62 bits per heavy atom. The summed E-state index contributed by atoms with van der Waals surface area (Å²) in [6, 6.07) is 8.15. The van der Waals surface area contributed by atoms with Crippen LogP contribution in [0.4, 0.5) is 0 Å². The van der Waals surface area contributed by atoms with Crippen molar-refractivity contribution in [2.24, 2.45) is 5.92 Å². The molecule has 1 aromatic carbocycles. The highest BCUT2D eigenvalue weighted by molar-refractivity contribution is 7.91. The van der Waals surface area contributed by atoms with Crippen LogP contribution in [0.25, 0.3) is 0 Å². The van der Waals surface area contributed by atoms with E-state index in [2.05, 4.69) is 5.32 Å². The topological polar surface area (TPSA) is 90.2 Å². The fourth-order valence-electron chi connectivity index (χ4n) is 2.76. The number of nitrogens with zero attached hydrogens (tertiary/aromatic N) is 1. The fourth-order valence-corrected chi connectivity index (χ4v) is 3.93. The summed E-state index contributed by atoms with van der Waals surface area (Å²) in [5.41, 5.74) is 0.448. The Kier molecular flexibility index (Phi) is 5.34. The van der Waals surface area contributed by atoms with Crippen molar-refractivity contribution in [1.82, 2.24) is 5.32 Å². The third-order valence-electron chi connectivity index (χ3n) is 4.01. The predicted molar refractivity (Wildman–Crippen MR) is 79.4 cm³/mol. The molecule has 0 heterocycles. The summed E-state index contributed by atoms with van der Waals surface area (Å²) in [6.07, 6.45) is 3.06. The second-order valence-electron chi connectivity index (χ2n) is 5.39. The van der Waals surface area contributed by atoms with Gasteiger partial charge in [-0.25, -0.2) is 8.42 Å². The average Bonchev–Trinajstić information content (AvgIpc) is 2.94. The van der Waals surface area contributed by atoms with E-state index >= 15 is 0 Å². The van der Waals surface area contributed by atoms with E-state index in [1.807, 2.05) is 6.07 Å². The van der Waals surface area contributed by atoms with E-state index in [1.54, 1.807) is 0 Å². The molecule has 1 fully saturated rings. The highest BCUT2D eigenvalue weighted by atomic mass is 32.2. The van der Waals surface area contributed by atoms with E-state index in [0.717, 1.165) is 19.3 Å². The Balaban J connectivity index is 1.90. The summed E-state index contributed by atoms with van der Waals surface area (Å²) in [5.74, 6) is 0.260. The summed E-state index contributed by atoms with van der Waals surface area (Å²) in [6.45, 7) is 0.531. The van der Waals surface area contributed by atoms with Crippen LogP contribution < -0.4 is 5.32 Å². The van der Waals surface area contributed by atoms with Gasteiger partial charge in [-0.1, -0.05) is 6.42 Å². The Hall–Kier alpha value is -1.42. The molecule has 2 atom stereocenters. The molecule has 2 unspecified atom stereocenters. The molecule has 0 saturated heterocycles. The summed E-state index contributed by atoms with van der Waals surface area (Å²) >= 11 is 0. The van der Waals surface area contributed by atoms with Gasteiger partial charge < -0.3 is 10.4 Å². The van der Waals surface area contributed by atoms with Gasteiger partial charge in [0.1, 0.15) is 0 Å². The number of hydrogen-bond acceptors (Lipinski definition) is 5. The van der Waals surface area contributed by atoms with Crippen LogP contribution in [0.15, 0.2) is 29.2 Å². The summed E-state index contributed by atoms with van der Waals surface area (Å²) < 4.78 is 24.4. The van der Waals surface area contributed by atoms with Gasteiger partial charge in [0.05, 0.1) is 22.3 Å². The van der Waals surface area contributed by atoms with Crippen LogP contribution in [0, 0.1) is 17.2 Å². The van der Waals surface area contributed by atoms with Crippen molar-refractivity contribution in [1.29, 1.82) is 5.26 Å². The standard InChI is InChI=1S/C15H20N2O3S/c16-10-12-4-6-14(7-5-12)21(19,20)9-8-17-15-3-1-2-13(15)11-18/h4-7,13,15,17-18H,1-3,8-9,11H2. The Morgan fingerprint density at radius 2 is 2.00 bits per heavy atom. The minimum atomic E-state index is -3.34. The second-order valence-corrected chi connectivity index (χ2v) is 7.50. The number of rotatable bonds is 6. The third-order valence-corrected chi connectivity index (χ3v) is 5.75. The van der Waals surface area contributed by atoms with E-state index in [-0.39, 0.29) is 29.2 Å². The highest BCUT2D eigenvalue weighted by Crippen LogP contribution is 2.24. The molecule has 1 aromatic rings. The zero-order valence-corrected chi connectivity index (χ0v) is 12.6. The molecule has 6 heteroatoms. The van der Waals surface area contributed by atoms with Crippen molar-refractivity contribution in [2.45, 2.75) is 30.2 Å². The van der Waals surface area contributed by atoms with E-state index in [1.165, 1.54) is 24.3 Å². The van der Waals surface area contributed by atoms with Gasteiger partial charge in [0.2, 0.25) is 0 Å². The van der Waals surface area contributed by atoms with Crippen molar-refractivity contribution in [3.63, 3.8) is 0 Å². The summed E-state index contributed by atoms with van der Waals surface area (Å²) in [4.78, 5) is 0.244. The molecule has 1 aliphatic rings. The molecule has 2 N–H and O–H groups in total. The normalized spacial score (nSPS) is 22.1. The van der Waals surface area contributed by atoms with E-state index in [0.29, 0.717) is 12.1 Å². The molecule has 0 aliphatic heterocycles. The molecule has 1 saturated carbocycles. The maximum atomic E-state index is 12.2. The zero-order chi connectivity index (χ0) is 15.3. The van der Waals surface area contributed by atoms with Gasteiger partial charge in [-0.2, -0.15) is 5.26 Å². The van der Waals surface area contributed by atoms with Crippen molar-refractivity contribution in [3.8, 4) is 6.07 Å². The van der Waals surface area contributed by atoms with Gasteiger partial charge in [0, 0.05) is 19.2 Å². The van der Waals surface area contributed by atoms with Crippen molar-refractivity contribution in [2.75, 3.05) is 18.9 Å². The highest BCUT2D eigenvalue weighted by Gasteiger charge is 2.26. The van der Waals surface area contributed by atoms with Gasteiger partial charge in [-0.15, -0.1) is 0 Å². The van der Waals surface area contributed by atoms with Crippen LogP contribution in [0.3, 0.4) is 0 Å². The number of hydrogen-bond donors (Lipinski definition) is 2. The van der Waals surface area contributed by atoms with Gasteiger partial charge in [0.25, 0.3) is 0 Å². The molecule has 0 bridgehead atoms. The van der Waals surface area contributed by atoms with Crippen molar-refractivity contribution < 1.29 is 13.5 Å². The second kappa shape index (κ2) is 7.03. The minimum Gasteiger partial charge on any atom is -0.396 e. The fraction of sp³-hybridized carbons (Fsp3) is 0.533. The van der Waals surface area contributed by atoms with Gasteiger partial charge >= 0.3 is 0 Å². The molecule has 0 aromatic heterocycles. The van der Waals surface area contributed by atoms with Crippen LogP contribution >= 0.6 is 0 Å². The maximum absolute atomic E-state index is 12.2. The van der Waals surface area contributed by atoms with Crippen LogP contribution in [0.2, 0.25) is 0 Å². The van der Waals surface area contributed by atoms with E-state index in [4.69, 9.17) is 5.26 Å². The molecule has 21 heavy (non-hydrogen) atoms. The molecule has 5 nitrogen and oxygen atoms in total. The van der Waals surface area contributed by atoms with Gasteiger partial charge in [-0.3, -0.25) is 0 Å². The van der Waals surface area contributed by atoms with Crippen LogP contribution in [0.5, 0.6) is 0 Å². The molecule has 1 aliphatic carbocycles. The Labute approximate surface area is 125 Å². The quantitative estimate of drug-likeness (QED) is 0.821. The monoisotopic (exact) mass is 308 g/mol. The molecular formula is C15H20N2O3S. The lowest BCUT2D eigenvalue weighted by molar-refractivity contribution is 0.206. The van der Waals surface area contributed by atoms with Crippen molar-refractivity contribution in [3.05, 3.63) is 29.8 Å². The number of nitriles is 1. The minimum absolute atomic E-state index is 0.0214.